The van der Waals surface area contributed by atoms with Crippen molar-refractivity contribution in [3.8, 4) is 0 Å². The lowest BCUT2D eigenvalue weighted by Crippen LogP contribution is -2.43. The first kappa shape index (κ1) is 29.9. The van der Waals surface area contributed by atoms with Crippen molar-refractivity contribution in [2.45, 2.75) is 55.6 Å². The Labute approximate surface area is 249 Å². The summed E-state index contributed by atoms with van der Waals surface area (Å²) in [7, 11) is 0. The van der Waals surface area contributed by atoms with Gasteiger partial charge >= 0.3 is 12.4 Å². The number of carbonyl (C=O) groups is 1. The van der Waals surface area contributed by atoms with E-state index in [1.807, 2.05) is 60.7 Å². The molecule has 230 valence electrons. The third-order valence-corrected chi connectivity index (χ3v) is 8.49. The fourth-order valence-corrected chi connectivity index (χ4v) is 6.36. The van der Waals surface area contributed by atoms with E-state index in [0.29, 0.717) is 31.7 Å². The van der Waals surface area contributed by atoms with Gasteiger partial charge in [0.05, 0.1) is 23.4 Å². The van der Waals surface area contributed by atoms with Gasteiger partial charge in [-0.25, -0.2) is 4.98 Å². The van der Waals surface area contributed by atoms with Gasteiger partial charge in [-0.15, -0.1) is 0 Å². The Morgan fingerprint density at radius 1 is 0.841 bits per heavy atom. The number of benzene rings is 2. The van der Waals surface area contributed by atoms with Gasteiger partial charge in [-0.2, -0.15) is 31.4 Å². The minimum atomic E-state index is -4.91. The minimum Gasteiger partial charge on any atom is -0.384 e. The van der Waals surface area contributed by atoms with Crippen LogP contribution < -0.4 is 4.90 Å². The number of anilines is 1. The highest BCUT2D eigenvalue weighted by Gasteiger charge is 2.54. The smallest absolute Gasteiger partial charge is 0.384 e. The van der Waals surface area contributed by atoms with E-state index in [9.17, 15) is 36.2 Å². The maximum atomic E-state index is 14.6. The number of aliphatic hydroxyl groups is 1. The molecule has 1 fully saturated rings. The average Bonchev–Trinajstić information content (AvgIpc) is 3.35. The summed E-state index contributed by atoms with van der Waals surface area (Å²) in [5, 5.41) is 15.4. The molecule has 0 bridgehead atoms. The third-order valence-electron chi connectivity index (χ3n) is 8.49. The van der Waals surface area contributed by atoms with Crippen molar-refractivity contribution in [3.63, 3.8) is 0 Å². The lowest BCUT2D eigenvalue weighted by atomic mass is 9.78. The van der Waals surface area contributed by atoms with Gasteiger partial charge in [0.1, 0.15) is 23.9 Å². The summed E-state index contributed by atoms with van der Waals surface area (Å²) in [6.45, 7) is 0.646. The molecule has 0 spiro atoms. The second-order valence-electron chi connectivity index (χ2n) is 11.2. The molecule has 2 aromatic carbocycles. The number of ketones is 1. The molecule has 1 N–H and O–H groups in total. The number of carbonyl (C=O) groups excluding carboxylic acids is 1. The number of nitrogens with zero attached hydrogens (tertiary/aromatic N) is 4. The van der Waals surface area contributed by atoms with Crippen LogP contribution in [0.2, 0.25) is 0 Å². The zero-order chi connectivity index (χ0) is 31.2. The molecule has 44 heavy (non-hydrogen) atoms. The number of piperidine rings is 1. The van der Waals surface area contributed by atoms with E-state index in [1.54, 1.807) is 4.90 Å². The molecule has 0 amide bonds. The molecule has 1 aliphatic carbocycles. The SMILES string of the molecule is O=C1Cc2c(c(C3CCN(c4ccc(C(F)(F)F)cn4)CC3)nn2C(c2ccccc2)c2ccccc2)[C@@H](C(F)(F)F)[C@H]1O. The van der Waals surface area contributed by atoms with Crippen molar-refractivity contribution in [1.29, 1.82) is 0 Å². The molecule has 2 atom stereocenters. The molecule has 2 aliphatic rings. The van der Waals surface area contributed by atoms with Gasteiger partial charge in [-0.05, 0) is 36.1 Å². The maximum absolute atomic E-state index is 14.6. The van der Waals surface area contributed by atoms with Crippen molar-refractivity contribution < 1.29 is 36.2 Å². The number of hydrogen-bond donors (Lipinski definition) is 1. The Kier molecular flexibility index (Phi) is 7.73. The highest BCUT2D eigenvalue weighted by molar-refractivity contribution is 5.88. The first-order chi connectivity index (χ1) is 20.9. The van der Waals surface area contributed by atoms with Gasteiger partial charge in [-0.1, -0.05) is 60.7 Å². The van der Waals surface area contributed by atoms with Crippen molar-refractivity contribution >= 4 is 11.6 Å². The molecule has 6 rings (SSSR count). The summed E-state index contributed by atoms with van der Waals surface area (Å²) in [6, 6.07) is 19.9. The Morgan fingerprint density at radius 3 is 1.93 bits per heavy atom. The number of aliphatic hydroxyl groups excluding tert-OH is 1. The highest BCUT2D eigenvalue weighted by Crippen LogP contribution is 2.48. The number of fused-ring (bicyclic) bond motifs is 1. The summed E-state index contributed by atoms with van der Waals surface area (Å²) in [5.74, 6) is -3.46. The maximum Gasteiger partial charge on any atom is 0.417 e. The van der Waals surface area contributed by atoms with E-state index >= 15 is 0 Å². The van der Waals surface area contributed by atoms with E-state index in [-0.39, 0.29) is 17.0 Å². The Morgan fingerprint density at radius 2 is 1.43 bits per heavy atom. The first-order valence-electron chi connectivity index (χ1n) is 14.2. The topological polar surface area (TPSA) is 71.2 Å². The second-order valence-corrected chi connectivity index (χ2v) is 11.2. The molecule has 4 aromatic rings. The molecule has 1 saturated heterocycles. The van der Waals surface area contributed by atoms with E-state index in [2.05, 4.69) is 4.98 Å². The number of hydrogen-bond acceptors (Lipinski definition) is 5. The zero-order valence-corrected chi connectivity index (χ0v) is 23.3. The zero-order valence-electron chi connectivity index (χ0n) is 23.3. The normalized spacial score (nSPS) is 19.8. The number of aromatic nitrogens is 3. The van der Waals surface area contributed by atoms with Crippen LogP contribution >= 0.6 is 0 Å². The van der Waals surface area contributed by atoms with Gasteiger partial charge in [0.15, 0.2) is 5.78 Å². The Balaban J connectivity index is 1.42. The summed E-state index contributed by atoms with van der Waals surface area (Å²) < 4.78 is 84.3. The van der Waals surface area contributed by atoms with Crippen molar-refractivity contribution in [3.05, 3.63) is 113 Å². The fraction of sp³-hybridized carbons (Fsp3) is 0.344. The summed E-state index contributed by atoms with van der Waals surface area (Å²) >= 11 is 0. The van der Waals surface area contributed by atoms with Crippen LogP contribution in [0.3, 0.4) is 0 Å². The van der Waals surface area contributed by atoms with E-state index in [1.165, 1.54) is 10.7 Å². The van der Waals surface area contributed by atoms with Gasteiger partial charge in [0.2, 0.25) is 0 Å². The van der Waals surface area contributed by atoms with Crippen LogP contribution in [0.5, 0.6) is 0 Å². The molecule has 6 nitrogen and oxygen atoms in total. The molecule has 0 saturated carbocycles. The number of rotatable bonds is 5. The van der Waals surface area contributed by atoms with Crippen LogP contribution in [0, 0.1) is 0 Å². The second kappa shape index (κ2) is 11.4. The first-order valence-corrected chi connectivity index (χ1v) is 14.2. The molecule has 1 aliphatic heterocycles. The van der Waals surface area contributed by atoms with Crippen LogP contribution in [0.1, 0.15) is 64.4 Å². The number of halogens is 6. The molecule has 3 heterocycles. The van der Waals surface area contributed by atoms with Gasteiger partial charge < -0.3 is 10.0 Å². The van der Waals surface area contributed by atoms with Crippen molar-refractivity contribution in [2.24, 2.45) is 0 Å². The van der Waals surface area contributed by atoms with Gasteiger partial charge in [-0.3, -0.25) is 9.48 Å². The molecule has 12 heteroatoms. The number of Topliss-reactive ketones (excluding diaryl/α,β-unsaturated/α-hetero) is 1. The average molecular weight is 615 g/mol. The minimum absolute atomic E-state index is 0.127. The predicted octanol–water partition coefficient (Wildman–Crippen LogP) is 6.45. The van der Waals surface area contributed by atoms with Gasteiger partial charge in [0.25, 0.3) is 0 Å². The third kappa shape index (κ3) is 5.58. The lowest BCUT2D eigenvalue weighted by Gasteiger charge is -2.34. The molecular formula is C32H28F6N4O2. The number of pyridine rings is 1. The van der Waals surface area contributed by atoms with E-state index < -0.39 is 54.1 Å². The standard InChI is InChI=1S/C32H28F6N4O2/c33-31(34,35)22-11-12-25(39-18-22)41-15-13-19(14-16-41)28-26-23(17-24(43)30(44)27(26)32(36,37)38)42(40-28)29(20-7-3-1-4-8-20)21-9-5-2-6-10-21/h1-12,18-19,27,29-30,44H,13-17H2/t27-,30+/m1/s1. The summed E-state index contributed by atoms with van der Waals surface area (Å²) in [6.07, 6.45) is -10.6. The monoisotopic (exact) mass is 614 g/mol. The highest BCUT2D eigenvalue weighted by atomic mass is 19.4. The van der Waals surface area contributed by atoms with E-state index in [0.717, 1.165) is 23.4 Å². The Bertz CT molecular complexity index is 1570. The van der Waals surface area contributed by atoms with Gasteiger partial charge in [0, 0.05) is 30.8 Å². The van der Waals surface area contributed by atoms with Crippen LogP contribution in [0.25, 0.3) is 0 Å². The fourth-order valence-electron chi connectivity index (χ4n) is 6.36. The van der Waals surface area contributed by atoms with Crippen LogP contribution in [-0.4, -0.2) is 51.0 Å². The van der Waals surface area contributed by atoms with Crippen molar-refractivity contribution in [2.75, 3.05) is 18.0 Å². The predicted molar refractivity (Wildman–Crippen MR) is 149 cm³/mol. The van der Waals surface area contributed by atoms with E-state index in [4.69, 9.17) is 5.10 Å². The molecule has 0 radical (unpaired) electrons. The largest absolute Gasteiger partial charge is 0.417 e. The van der Waals surface area contributed by atoms with Crippen LogP contribution in [0.4, 0.5) is 32.2 Å². The lowest BCUT2D eigenvalue weighted by molar-refractivity contribution is -0.179. The number of alkyl halides is 6. The summed E-state index contributed by atoms with van der Waals surface area (Å²) in [4.78, 5) is 18.6. The summed E-state index contributed by atoms with van der Waals surface area (Å²) in [5.41, 5.74) is 0.813. The van der Waals surface area contributed by atoms with Crippen LogP contribution in [0.15, 0.2) is 79.0 Å². The molecule has 0 unspecified atom stereocenters. The molecule has 2 aromatic heterocycles. The quantitative estimate of drug-likeness (QED) is 0.262. The molecular weight excluding hydrogens is 586 g/mol. The van der Waals surface area contributed by atoms with Crippen LogP contribution in [-0.2, 0) is 17.4 Å². The Hall–Kier alpha value is -4.19. The van der Waals surface area contributed by atoms with Crippen molar-refractivity contribution in [1.82, 2.24) is 14.8 Å².